The van der Waals surface area contributed by atoms with Crippen molar-refractivity contribution in [2.24, 2.45) is 5.73 Å². The molecule has 3 aromatic carbocycles. The van der Waals surface area contributed by atoms with E-state index in [1.54, 1.807) is 18.2 Å². The summed E-state index contributed by atoms with van der Waals surface area (Å²) in [5, 5.41) is 20.6. The lowest BCUT2D eigenvalue weighted by Gasteiger charge is -2.19. The highest BCUT2D eigenvalue weighted by Crippen LogP contribution is 2.43. The van der Waals surface area contributed by atoms with Gasteiger partial charge in [0.1, 0.15) is 23.4 Å². The molecule has 3 aromatic rings. The molecule has 1 saturated heterocycles. The van der Waals surface area contributed by atoms with E-state index in [0.29, 0.717) is 24.0 Å². The van der Waals surface area contributed by atoms with Gasteiger partial charge in [0.25, 0.3) is 0 Å². The summed E-state index contributed by atoms with van der Waals surface area (Å²) in [6, 6.07) is 18.2. The van der Waals surface area contributed by atoms with Gasteiger partial charge in [-0.05, 0) is 96.3 Å². The molecule has 1 aliphatic heterocycles. The van der Waals surface area contributed by atoms with E-state index in [1.807, 2.05) is 36.4 Å². The summed E-state index contributed by atoms with van der Waals surface area (Å²) in [4.78, 5) is 14.1. The summed E-state index contributed by atoms with van der Waals surface area (Å²) in [5.74, 6) is 0.340. The van der Waals surface area contributed by atoms with Crippen LogP contribution in [0.15, 0.2) is 60.7 Å². The number of carbonyl (C=O) groups is 1. The Bertz CT molecular complexity index is 1350. The third-order valence-corrected chi connectivity index (χ3v) is 7.42. The van der Waals surface area contributed by atoms with Crippen molar-refractivity contribution in [1.82, 2.24) is 4.90 Å². The van der Waals surface area contributed by atoms with Crippen molar-refractivity contribution in [3.63, 3.8) is 0 Å². The number of likely N-dealkylation sites (tertiary alicyclic amines) is 1. The van der Waals surface area contributed by atoms with Gasteiger partial charge in [-0.1, -0.05) is 18.2 Å². The van der Waals surface area contributed by atoms with Gasteiger partial charge in [-0.3, -0.25) is 14.1 Å². The van der Waals surface area contributed by atoms with Crippen LogP contribution in [0.5, 0.6) is 17.2 Å². The van der Waals surface area contributed by atoms with E-state index < -0.39 is 5.91 Å². The molecule has 1 aliphatic carbocycles. The van der Waals surface area contributed by atoms with Gasteiger partial charge in [-0.2, -0.15) is 0 Å². The monoisotopic (exact) mass is 516 g/mol. The SMILES string of the molecule is NC(=O)c1ccc2c(c1)CCCC(c1ccc(O)cc1O)=C2c1ccc(O[C@H]2CCN(CCCF)C2)cc1. The van der Waals surface area contributed by atoms with Crippen LogP contribution in [0.25, 0.3) is 11.1 Å². The summed E-state index contributed by atoms with van der Waals surface area (Å²) in [7, 11) is 0. The largest absolute Gasteiger partial charge is 0.508 e. The first-order valence-electron chi connectivity index (χ1n) is 13.2. The van der Waals surface area contributed by atoms with Crippen LogP contribution in [-0.2, 0) is 6.42 Å². The molecule has 0 saturated carbocycles. The molecule has 4 N–H and O–H groups in total. The normalized spacial score (nSPS) is 17.8. The van der Waals surface area contributed by atoms with Gasteiger partial charge in [0.05, 0.1) is 6.67 Å². The maximum atomic E-state index is 12.5. The van der Waals surface area contributed by atoms with Crippen LogP contribution in [0.2, 0.25) is 0 Å². The molecule has 38 heavy (non-hydrogen) atoms. The smallest absolute Gasteiger partial charge is 0.248 e. The minimum Gasteiger partial charge on any atom is -0.508 e. The zero-order valence-electron chi connectivity index (χ0n) is 21.3. The van der Waals surface area contributed by atoms with Crippen LogP contribution in [0, 0.1) is 0 Å². The lowest BCUT2D eigenvalue weighted by Crippen LogP contribution is -2.26. The maximum absolute atomic E-state index is 12.5. The lowest BCUT2D eigenvalue weighted by atomic mass is 9.87. The number of benzene rings is 3. The highest BCUT2D eigenvalue weighted by molar-refractivity contribution is 6.02. The van der Waals surface area contributed by atoms with Crippen molar-refractivity contribution in [2.45, 2.75) is 38.2 Å². The van der Waals surface area contributed by atoms with Gasteiger partial charge >= 0.3 is 0 Å². The van der Waals surface area contributed by atoms with Crippen molar-refractivity contribution in [2.75, 3.05) is 26.3 Å². The molecule has 1 fully saturated rings. The maximum Gasteiger partial charge on any atom is 0.248 e. The van der Waals surface area contributed by atoms with Crippen LogP contribution in [0.3, 0.4) is 0 Å². The first kappa shape index (κ1) is 25.8. The summed E-state index contributed by atoms with van der Waals surface area (Å²) >= 11 is 0. The Balaban J connectivity index is 1.51. The van der Waals surface area contributed by atoms with E-state index in [1.165, 1.54) is 6.07 Å². The summed E-state index contributed by atoms with van der Waals surface area (Å²) in [6.07, 6.45) is 3.86. The third kappa shape index (κ3) is 5.53. The third-order valence-electron chi connectivity index (χ3n) is 7.42. The summed E-state index contributed by atoms with van der Waals surface area (Å²) < 4.78 is 18.8. The Kier molecular flexibility index (Phi) is 7.65. The molecule has 0 unspecified atom stereocenters. The van der Waals surface area contributed by atoms with E-state index in [2.05, 4.69) is 4.90 Å². The summed E-state index contributed by atoms with van der Waals surface area (Å²) in [6.45, 7) is 2.18. The van der Waals surface area contributed by atoms with Gasteiger partial charge in [-0.15, -0.1) is 0 Å². The number of nitrogens with two attached hydrogens (primary N) is 1. The van der Waals surface area contributed by atoms with Crippen molar-refractivity contribution >= 4 is 17.1 Å². The first-order chi connectivity index (χ1) is 18.4. The fourth-order valence-corrected chi connectivity index (χ4v) is 5.59. The molecule has 2 aliphatic rings. The first-order valence-corrected chi connectivity index (χ1v) is 13.2. The highest BCUT2D eigenvalue weighted by atomic mass is 19.1. The number of aryl methyl sites for hydroxylation is 1. The number of aromatic hydroxyl groups is 2. The second-order valence-electron chi connectivity index (χ2n) is 10.0. The molecule has 1 heterocycles. The number of allylic oxidation sites excluding steroid dienone is 1. The number of alkyl halides is 1. The average molecular weight is 517 g/mol. The molecule has 0 bridgehead atoms. The average Bonchev–Trinajstić information content (AvgIpc) is 3.26. The second kappa shape index (κ2) is 11.3. The van der Waals surface area contributed by atoms with Crippen LogP contribution in [0.1, 0.15) is 58.3 Å². The van der Waals surface area contributed by atoms with E-state index in [4.69, 9.17) is 10.5 Å². The zero-order chi connectivity index (χ0) is 26.6. The zero-order valence-corrected chi connectivity index (χ0v) is 21.3. The predicted octanol–water partition coefficient (Wildman–Crippen LogP) is 5.30. The Labute approximate surface area is 222 Å². The number of hydrogen-bond acceptors (Lipinski definition) is 5. The van der Waals surface area contributed by atoms with E-state index in [9.17, 15) is 19.4 Å². The number of halogens is 1. The van der Waals surface area contributed by atoms with E-state index >= 15 is 0 Å². The van der Waals surface area contributed by atoms with Gasteiger partial charge < -0.3 is 20.7 Å². The molecule has 5 rings (SSSR count). The van der Waals surface area contributed by atoms with Crippen molar-refractivity contribution < 1.29 is 24.1 Å². The summed E-state index contributed by atoms with van der Waals surface area (Å²) in [5.41, 5.74) is 11.6. The number of fused-ring (bicyclic) bond motifs is 1. The van der Waals surface area contributed by atoms with Crippen LogP contribution >= 0.6 is 0 Å². The van der Waals surface area contributed by atoms with Crippen LogP contribution < -0.4 is 10.5 Å². The standard InChI is InChI=1S/C31H33FN2O4/c32-14-2-15-34-16-13-25(19-34)38-24-9-5-20(6-10-24)30-26-11-7-22(31(33)37)17-21(26)3-1-4-28(30)27-12-8-23(35)18-29(27)36/h5-12,17-18,25,35-36H,1-4,13-16,19H2,(H2,33,37)/t25-/m0/s1. The second-order valence-corrected chi connectivity index (χ2v) is 10.0. The number of amides is 1. The van der Waals surface area contributed by atoms with Gasteiger partial charge in [0.2, 0.25) is 5.91 Å². The molecule has 0 radical (unpaired) electrons. The molecular weight excluding hydrogens is 483 g/mol. The van der Waals surface area contributed by atoms with Crippen molar-refractivity contribution in [3.05, 3.63) is 88.5 Å². The fourth-order valence-electron chi connectivity index (χ4n) is 5.59. The van der Waals surface area contributed by atoms with Gasteiger partial charge in [0.15, 0.2) is 0 Å². The number of primary amides is 1. The topological polar surface area (TPSA) is 96.0 Å². The van der Waals surface area contributed by atoms with Gasteiger partial charge in [-0.25, -0.2) is 0 Å². The molecule has 7 heteroatoms. The molecule has 1 amide bonds. The Morgan fingerprint density at radius 3 is 2.55 bits per heavy atom. The van der Waals surface area contributed by atoms with Crippen molar-refractivity contribution in [1.29, 1.82) is 0 Å². The number of hydrogen-bond donors (Lipinski definition) is 3. The Morgan fingerprint density at radius 2 is 1.82 bits per heavy atom. The fraction of sp³-hybridized carbons (Fsp3) is 0.323. The number of carbonyl (C=O) groups excluding carboxylic acids is 1. The molecule has 0 spiro atoms. The van der Waals surface area contributed by atoms with Crippen LogP contribution in [-0.4, -0.2) is 53.4 Å². The number of ether oxygens (including phenoxy) is 1. The minimum absolute atomic E-state index is 0.00481. The Hall–Kier alpha value is -3.84. The van der Waals surface area contributed by atoms with Crippen LogP contribution in [0.4, 0.5) is 4.39 Å². The number of phenols is 2. The minimum atomic E-state index is -0.462. The Morgan fingerprint density at radius 1 is 1.03 bits per heavy atom. The number of phenolic OH excluding ortho intramolecular Hbond substituents is 2. The molecule has 1 atom stereocenters. The quantitative estimate of drug-likeness (QED) is 0.377. The molecule has 198 valence electrons. The van der Waals surface area contributed by atoms with Gasteiger partial charge in [0, 0.05) is 36.8 Å². The molecule has 0 aromatic heterocycles. The highest BCUT2D eigenvalue weighted by Gasteiger charge is 2.25. The molecule has 6 nitrogen and oxygen atoms in total. The number of rotatable bonds is 8. The lowest BCUT2D eigenvalue weighted by molar-refractivity contribution is 0.1000. The van der Waals surface area contributed by atoms with E-state index in [-0.39, 0.29) is 24.3 Å². The van der Waals surface area contributed by atoms with Crippen molar-refractivity contribution in [3.8, 4) is 17.2 Å². The van der Waals surface area contributed by atoms with E-state index in [0.717, 1.165) is 72.5 Å². The number of nitrogens with zero attached hydrogens (tertiary/aromatic N) is 1. The predicted molar refractivity (Wildman–Crippen MR) is 146 cm³/mol. The molecular formula is C31H33FN2O4.